The van der Waals surface area contributed by atoms with Gasteiger partial charge in [0.15, 0.2) is 0 Å². The summed E-state index contributed by atoms with van der Waals surface area (Å²) < 4.78 is 47.4. The number of imidazole rings is 1. The van der Waals surface area contributed by atoms with Gasteiger partial charge in [-0.15, -0.1) is 0 Å². The lowest BCUT2D eigenvalue weighted by atomic mass is 9.97. The molecule has 0 aliphatic rings. The maximum Gasteiger partial charge on any atom is 0.255 e. The highest BCUT2D eigenvalue weighted by molar-refractivity contribution is 9.10. The molecule has 2 heterocycles. The first kappa shape index (κ1) is 27.7. The Hall–Kier alpha value is -4.48. The Bertz CT molecular complexity index is 2120. The number of carbonyl (C=O) groups excluding carboxylic acids is 1. The SMILES string of the molecule is CNC(=O)c1c(-c2ccc(F)cc2)oc2cc(N(C)S(C)(=O)=O)c(-c3cccc(-c4nc5ccc(Br)cc5[nH]4)c3)cc12. The van der Waals surface area contributed by atoms with Crippen molar-refractivity contribution in [1.82, 2.24) is 15.3 Å². The molecule has 0 spiro atoms. The number of nitrogens with one attached hydrogen (secondary N) is 2. The fourth-order valence-corrected chi connectivity index (χ4v) is 5.78. The zero-order valence-electron chi connectivity index (χ0n) is 22.7. The number of hydrogen-bond acceptors (Lipinski definition) is 5. The van der Waals surface area contributed by atoms with Crippen LogP contribution in [-0.4, -0.2) is 44.6 Å². The minimum Gasteiger partial charge on any atom is -0.455 e. The summed E-state index contributed by atoms with van der Waals surface area (Å²) in [4.78, 5) is 21.2. The molecule has 0 saturated carbocycles. The molecule has 4 aromatic carbocycles. The van der Waals surface area contributed by atoms with Crippen LogP contribution >= 0.6 is 15.9 Å². The molecule has 1 amide bonds. The van der Waals surface area contributed by atoms with Crippen LogP contribution in [0.1, 0.15) is 10.4 Å². The summed E-state index contributed by atoms with van der Waals surface area (Å²) in [6, 6.07) is 22.3. The number of aromatic amines is 1. The maximum atomic E-state index is 13.7. The van der Waals surface area contributed by atoms with E-state index in [1.165, 1.54) is 42.7 Å². The average molecular weight is 648 g/mol. The van der Waals surface area contributed by atoms with Crippen LogP contribution in [0, 0.1) is 5.82 Å². The number of halogens is 2. The van der Waals surface area contributed by atoms with E-state index in [4.69, 9.17) is 9.40 Å². The predicted molar refractivity (Wildman–Crippen MR) is 166 cm³/mol. The molecule has 2 N–H and O–H groups in total. The van der Waals surface area contributed by atoms with E-state index >= 15 is 0 Å². The fourth-order valence-electron chi connectivity index (χ4n) is 4.91. The highest BCUT2D eigenvalue weighted by Gasteiger charge is 2.26. The molecule has 0 saturated heterocycles. The molecule has 212 valence electrons. The lowest BCUT2D eigenvalue weighted by Gasteiger charge is -2.21. The summed E-state index contributed by atoms with van der Waals surface area (Å²) in [6.07, 6.45) is 1.12. The molecule has 8 nitrogen and oxygen atoms in total. The summed E-state index contributed by atoms with van der Waals surface area (Å²) >= 11 is 3.48. The number of anilines is 1. The van der Waals surface area contributed by atoms with Gasteiger partial charge in [-0.1, -0.05) is 34.1 Å². The first-order valence-electron chi connectivity index (χ1n) is 12.8. The molecular weight excluding hydrogens is 623 g/mol. The minimum atomic E-state index is -3.67. The summed E-state index contributed by atoms with van der Waals surface area (Å²) in [6.45, 7) is 0. The third kappa shape index (κ3) is 4.94. The summed E-state index contributed by atoms with van der Waals surface area (Å²) in [5, 5.41) is 3.13. The molecule has 11 heteroatoms. The fraction of sp³-hybridized carbons (Fsp3) is 0.0968. The average Bonchev–Trinajstić information content (AvgIpc) is 3.56. The largest absolute Gasteiger partial charge is 0.455 e. The number of fused-ring (bicyclic) bond motifs is 2. The van der Waals surface area contributed by atoms with Crippen molar-refractivity contribution in [1.29, 1.82) is 0 Å². The number of H-pyrrole nitrogens is 1. The van der Waals surface area contributed by atoms with Gasteiger partial charge in [-0.3, -0.25) is 9.10 Å². The molecule has 0 aliphatic carbocycles. The van der Waals surface area contributed by atoms with Gasteiger partial charge < -0.3 is 14.7 Å². The highest BCUT2D eigenvalue weighted by Crippen LogP contribution is 2.42. The summed E-state index contributed by atoms with van der Waals surface area (Å²) in [5.74, 6) is 0.0757. The maximum absolute atomic E-state index is 13.7. The quantitative estimate of drug-likeness (QED) is 0.203. The lowest BCUT2D eigenvalue weighted by molar-refractivity contribution is 0.0964. The van der Waals surface area contributed by atoms with Gasteiger partial charge >= 0.3 is 0 Å². The van der Waals surface area contributed by atoms with Gasteiger partial charge in [0, 0.05) is 46.7 Å². The Balaban J connectivity index is 1.60. The number of aromatic nitrogens is 2. The van der Waals surface area contributed by atoms with Crippen LogP contribution in [0.3, 0.4) is 0 Å². The second-order valence-electron chi connectivity index (χ2n) is 9.82. The molecule has 0 unspecified atom stereocenters. The van der Waals surface area contributed by atoms with Gasteiger partial charge in [-0.05, 0) is 60.2 Å². The second kappa shape index (κ2) is 10.4. The van der Waals surface area contributed by atoms with Gasteiger partial charge in [0.25, 0.3) is 5.91 Å². The molecule has 6 aromatic rings. The number of carbonyl (C=O) groups is 1. The smallest absolute Gasteiger partial charge is 0.255 e. The number of nitrogens with zero attached hydrogens (tertiary/aromatic N) is 2. The highest BCUT2D eigenvalue weighted by atomic mass is 79.9. The van der Waals surface area contributed by atoms with Crippen molar-refractivity contribution in [2.75, 3.05) is 24.7 Å². The van der Waals surface area contributed by atoms with Crippen LogP contribution in [0.2, 0.25) is 0 Å². The zero-order chi connectivity index (χ0) is 29.8. The van der Waals surface area contributed by atoms with Crippen LogP contribution < -0.4 is 9.62 Å². The Labute approximate surface area is 249 Å². The molecular formula is C31H24BrFN4O4S. The predicted octanol–water partition coefficient (Wildman–Crippen LogP) is 6.97. The normalized spacial score (nSPS) is 11.7. The zero-order valence-corrected chi connectivity index (χ0v) is 25.1. The molecule has 0 radical (unpaired) electrons. The topological polar surface area (TPSA) is 108 Å². The molecule has 0 atom stereocenters. The first-order chi connectivity index (χ1) is 20.0. The molecule has 2 aromatic heterocycles. The Morgan fingerprint density at radius 2 is 1.74 bits per heavy atom. The van der Waals surface area contributed by atoms with Crippen molar-refractivity contribution in [2.45, 2.75) is 0 Å². The van der Waals surface area contributed by atoms with E-state index in [1.54, 1.807) is 12.1 Å². The van der Waals surface area contributed by atoms with Crippen LogP contribution in [0.15, 0.2) is 87.8 Å². The van der Waals surface area contributed by atoms with Crippen molar-refractivity contribution in [3.8, 4) is 33.8 Å². The van der Waals surface area contributed by atoms with Gasteiger partial charge in [-0.2, -0.15) is 0 Å². The third-order valence-electron chi connectivity index (χ3n) is 7.09. The summed E-state index contributed by atoms with van der Waals surface area (Å²) in [7, 11) is -0.698. The molecule has 0 bridgehead atoms. The second-order valence-corrected chi connectivity index (χ2v) is 12.7. The number of benzene rings is 4. The van der Waals surface area contributed by atoms with Gasteiger partial charge in [-0.25, -0.2) is 17.8 Å². The first-order valence-corrected chi connectivity index (χ1v) is 15.5. The van der Waals surface area contributed by atoms with Crippen molar-refractivity contribution < 1.29 is 22.0 Å². The number of hydrogen-bond donors (Lipinski definition) is 2. The summed E-state index contributed by atoms with van der Waals surface area (Å²) in [5.41, 5.74) is 5.15. The van der Waals surface area contributed by atoms with E-state index < -0.39 is 21.7 Å². The van der Waals surface area contributed by atoms with Gasteiger partial charge in [0.1, 0.15) is 23.0 Å². The Kier molecular flexibility index (Phi) is 6.86. The van der Waals surface area contributed by atoms with E-state index in [-0.39, 0.29) is 11.3 Å². The van der Waals surface area contributed by atoms with Crippen LogP contribution in [0.5, 0.6) is 0 Å². The molecule has 0 aliphatic heterocycles. The number of furan rings is 1. The Morgan fingerprint density at radius 3 is 2.45 bits per heavy atom. The van der Waals surface area contributed by atoms with Crippen molar-refractivity contribution >= 4 is 59.6 Å². The van der Waals surface area contributed by atoms with Crippen LogP contribution in [0.4, 0.5) is 10.1 Å². The number of amides is 1. The van der Waals surface area contributed by atoms with E-state index in [1.807, 2.05) is 42.5 Å². The van der Waals surface area contributed by atoms with Crippen LogP contribution in [-0.2, 0) is 10.0 Å². The van der Waals surface area contributed by atoms with E-state index in [0.717, 1.165) is 27.3 Å². The van der Waals surface area contributed by atoms with Crippen molar-refractivity contribution in [3.05, 3.63) is 94.7 Å². The van der Waals surface area contributed by atoms with Crippen molar-refractivity contribution in [3.63, 3.8) is 0 Å². The molecule has 0 fully saturated rings. The van der Waals surface area contributed by atoms with E-state index in [2.05, 4.69) is 26.2 Å². The minimum absolute atomic E-state index is 0.247. The molecule has 42 heavy (non-hydrogen) atoms. The third-order valence-corrected chi connectivity index (χ3v) is 8.78. The number of rotatable bonds is 6. The van der Waals surface area contributed by atoms with E-state index in [9.17, 15) is 17.6 Å². The lowest BCUT2D eigenvalue weighted by Crippen LogP contribution is -2.25. The van der Waals surface area contributed by atoms with Crippen molar-refractivity contribution in [2.24, 2.45) is 0 Å². The Morgan fingerprint density at radius 1 is 1.00 bits per heavy atom. The monoisotopic (exact) mass is 646 g/mol. The van der Waals surface area contributed by atoms with Gasteiger partial charge in [0.2, 0.25) is 10.0 Å². The van der Waals surface area contributed by atoms with E-state index in [0.29, 0.717) is 39.2 Å². The van der Waals surface area contributed by atoms with Gasteiger partial charge in [0.05, 0.1) is 28.5 Å². The standard InChI is InChI=1S/C31H24BrFN4O4S/c1-34-31(38)28-23-15-22(18-5-4-6-19(13-18)30-35-24-12-9-20(32)14-25(24)36-30)26(37(2)42(3,39)40)16-27(23)41-29(28)17-7-10-21(33)11-8-17/h4-16H,1-3H3,(H,34,38)(H,35,36). The van der Waals surface area contributed by atoms with Crippen LogP contribution in [0.25, 0.3) is 55.8 Å². The number of sulfonamides is 1. The molecule has 6 rings (SSSR count).